The lowest BCUT2D eigenvalue weighted by Gasteiger charge is -2.13. The fourth-order valence-electron chi connectivity index (χ4n) is 4.27. The van der Waals surface area contributed by atoms with Gasteiger partial charge < -0.3 is 0 Å². The number of aromatic nitrogens is 2. The van der Waals surface area contributed by atoms with Crippen LogP contribution in [0.4, 0.5) is 0 Å². The van der Waals surface area contributed by atoms with Gasteiger partial charge >= 0.3 is 0 Å². The van der Waals surface area contributed by atoms with E-state index in [0.717, 1.165) is 24.2 Å². The first-order valence-corrected chi connectivity index (χ1v) is 12.2. The summed E-state index contributed by atoms with van der Waals surface area (Å²) in [5, 5.41) is 3.69. The van der Waals surface area contributed by atoms with Gasteiger partial charge in [-0.15, -0.1) is 0 Å². The van der Waals surface area contributed by atoms with Crippen LogP contribution in [0.3, 0.4) is 0 Å². The maximum atomic E-state index is 13.3. The highest BCUT2D eigenvalue weighted by Crippen LogP contribution is 2.24. The molecule has 34 heavy (non-hydrogen) atoms. The molecule has 0 bridgehead atoms. The Morgan fingerprint density at radius 3 is 2.47 bits per heavy atom. The summed E-state index contributed by atoms with van der Waals surface area (Å²) >= 11 is 1.55. The average Bonchev–Trinajstić information content (AvgIpc) is 3.16. The van der Waals surface area contributed by atoms with Gasteiger partial charge in [0.05, 0.1) is 22.0 Å². The third-order valence-electron chi connectivity index (χ3n) is 5.96. The predicted molar refractivity (Wildman–Crippen MR) is 133 cm³/mol. The number of hydrogen-bond acceptors (Lipinski definition) is 5. The van der Waals surface area contributed by atoms with Crippen molar-refractivity contribution in [1.29, 1.82) is 0 Å². The minimum atomic E-state index is -0.334. The van der Waals surface area contributed by atoms with Crippen molar-refractivity contribution in [2.45, 2.75) is 31.0 Å². The van der Waals surface area contributed by atoms with Gasteiger partial charge in [-0.2, -0.15) is 0 Å². The molecule has 0 aliphatic carbocycles. The number of carbonyl (C=O) groups is 2. The van der Waals surface area contributed by atoms with Crippen molar-refractivity contribution < 1.29 is 9.59 Å². The number of rotatable bonds is 8. The fraction of sp³-hybridized carbons (Fsp3) is 0.185. The minimum Gasteiger partial charge on any atom is -0.288 e. The molecule has 1 aromatic heterocycles. The molecule has 0 radical (unpaired) electrons. The summed E-state index contributed by atoms with van der Waals surface area (Å²) < 4.78 is 1.77. The van der Waals surface area contributed by atoms with E-state index in [-0.39, 0.29) is 17.4 Å². The maximum absolute atomic E-state index is 13.3. The van der Waals surface area contributed by atoms with Gasteiger partial charge in [0.2, 0.25) is 0 Å². The summed E-state index contributed by atoms with van der Waals surface area (Å²) in [6.45, 7) is 0.553. The Hall–Kier alpha value is -3.71. The molecular weight excluding hydrogens is 446 g/mol. The molecular formula is C27H23N3O3S. The number of amides is 2. The lowest BCUT2D eigenvalue weighted by atomic mass is 9.99. The average molecular weight is 470 g/mol. The van der Waals surface area contributed by atoms with Gasteiger partial charge in [0.15, 0.2) is 5.16 Å². The topological polar surface area (TPSA) is 81.1 Å². The van der Waals surface area contributed by atoms with Crippen molar-refractivity contribution in [2.75, 3.05) is 5.75 Å². The summed E-state index contributed by atoms with van der Waals surface area (Å²) in [6, 6.07) is 22.9. The molecule has 3 aromatic carbocycles. The first-order chi connectivity index (χ1) is 16.6. The Kier molecular flexibility index (Phi) is 6.27. The molecule has 4 aromatic rings. The van der Waals surface area contributed by atoms with Crippen molar-refractivity contribution in [1.82, 2.24) is 14.9 Å². The van der Waals surface area contributed by atoms with E-state index < -0.39 is 0 Å². The molecule has 1 N–H and O–H groups in total. The van der Waals surface area contributed by atoms with Crippen molar-refractivity contribution in [3.05, 3.63) is 105 Å². The largest absolute Gasteiger partial charge is 0.288 e. The molecule has 7 heteroatoms. The van der Waals surface area contributed by atoms with E-state index in [1.54, 1.807) is 22.4 Å². The number of nitrogens with zero attached hydrogens (tertiary/aromatic N) is 2. The highest BCUT2D eigenvalue weighted by Gasteiger charge is 2.28. The highest BCUT2D eigenvalue weighted by atomic mass is 32.2. The number of aryl methyl sites for hydroxylation is 2. The van der Waals surface area contributed by atoms with Crippen LogP contribution >= 0.6 is 11.8 Å². The van der Waals surface area contributed by atoms with Crippen LogP contribution in [-0.4, -0.2) is 27.1 Å². The monoisotopic (exact) mass is 469 g/mol. The third kappa shape index (κ3) is 4.39. The molecule has 0 unspecified atom stereocenters. The van der Waals surface area contributed by atoms with Gasteiger partial charge in [0, 0.05) is 12.3 Å². The van der Waals surface area contributed by atoms with E-state index in [4.69, 9.17) is 4.98 Å². The molecule has 6 nitrogen and oxygen atoms in total. The lowest BCUT2D eigenvalue weighted by Crippen LogP contribution is -2.24. The number of thioether (sulfide) groups is 1. The predicted octanol–water partition coefficient (Wildman–Crippen LogP) is 4.25. The Morgan fingerprint density at radius 2 is 1.62 bits per heavy atom. The summed E-state index contributed by atoms with van der Waals surface area (Å²) in [5.41, 5.74) is 3.64. The van der Waals surface area contributed by atoms with Crippen LogP contribution in [0.1, 0.15) is 38.3 Å². The second-order valence-corrected chi connectivity index (χ2v) is 9.24. The normalized spacial score (nSPS) is 12.7. The lowest BCUT2D eigenvalue weighted by molar-refractivity contribution is 0.0879. The number of para-hydroxylation sites is 1. The van der Waals surface area contributed by atoms with Crippen molar-refractivity contribution in [3.8, 4) is 0 Å². The quantitative estimate of drug-likeness (QED) is 0.181. The van der Waals surface area contributed by atoms with E-state index in [1.807, 2.05) is 54.6 Å². The highest BCUT2D eigenvalue weighted by molar-refractivity contribution is 7.99. The Morgan fingerprint density at radius 1 is 0.824 bits per heavy atom. The molecule has 2 heterocycles. The molecule has 1 aliphatic heterocycles. The molecule has 0 saturated heterocycles. The van der Waals surface area contributed by atoms with Crippen LogP contribution in [0.2, 0.25) is 0 Å². The van der Waals surface area contributed by atoms with Crippen molar-refractivity contribution in [2.24, 2.45) is 0 Å². The van der Waals surface area contributed by atoms with Gasteiger partial charge in [0.25, 0.3) is 17.4 Å². The number of carbonyl (C=O) groups excluding carboxylic acids is 2. The standard InChI is InChI=1S/C27H23N3O3S/c31-24-21-13-6-10-19(23(21)25(32)29-24)11-7-17-34-27-28-22-14-5-4-12-20(22)26(33)30(27)16-15-18-8-2-1-3-9-18/h1-6,8-10,12-14H,7,11,15-17H2,(H,29,31,32). The van der Waals surface area contributed by atoms with Crippen LogP contribution in [-0.2, 0) is 19.4 Å². The van der Waals surface area contributed by atoms with Gasteiger partial charge in [-0.3, -0.25) is 24.3 Å². The van der Waals surface area contributed by atoms with Gasteiger partial charge in [0.1, 0.15) is 0 Å². The molecule has 0 spiro atoms. The second-order valence-electron chi connectivity index (χ2n) is 8.18. The number of fused-ring (bicyclic) bond motifs is 2. The van der Waals surface area contributed by atoms with Gasteiger partial charge in [-0.05, 0) is 48.6 Å². The van der Waals surface area contributed by atoms with Crippen LogP contribution in [0.25, 0.3) is 10.9 Å². The molecule has 0 fully saturated rings. The van der Waals surface area contributed by atoms with E-state index in [9.17, 15) is 14.4 Å². The van der Waals surface area contributed by atoms with E-state index in [2.05, 4.69) is 17.4 Å². The van der Waals surface area contributed by atoms with Crippen LogP contribution < -0.4 is 10.9 Å². The van der Waals surface area contributed by atoms with E-state index in [1.165, 1.54) is 5.56 Å². The molecule has 5 rings (SSSR count). The van der Waals surface area contributed by atoms with Crippen LogP contribution in [0, 0.1) is 0 Å². The summed E-state index contributed by atoms with van der Waals surface area (Å²) in [7, 11) is 0. The van der Waals surface area contributed by atoms with E-state index in [0.29, 0.717) is 40.2 Å². The molecule has 1 aliphatic rings. The number of hydrogen-bond donors (Lipinski definition) is 1. The van der Waals surface area contributed by atoms with Crippen LogP contribution in [0.5, 0.6) is 0 Å². The smallest absolute Gasteiger partial charge is 0.262 e. The summed E-state index contributed by atoms with van der Waals surface area (Å²) in [5.74, 6) is 0.0724. The number of nitrogens with one attached hydrogen (secondary N) is 1. The Bertz CT molecular complexity index is 1450. The Balaban J connectivity index is 1.34. The molecule has 170 valence electrons. The first-order valence-electron chi connectivity index (χ1n) is 11.3. The SMILES string of the molecule is O=C1NC(=O)c2c(CCCSc3nc4ccccc4c(=O)n3CCc3ccccc3)cccc21. The maximum Gasteiger partial charge on any atom is 0.262 e. The van der Waals surface area contributed by atoms with Gasteiger partial charge in [-0.1, -0.05) is 66.4 Å². The number of benzene rings is 3. The second kappa shape index (κ2) is 9.65. The van der Waals surface area contributed by atoms with E-state index >= 15 is 0 Å². The fourth-order valence-corrected chi connectivity index (χ4v) is 5.23. The molecule has 0 saturated carbocycles. The zero-order chi connectivity index (χ0) is 23.5. The summed E-state index contributed by atoms with van der Waals surface area (Å²) in [4.78, 5) is 42.1. The Labute approximate surface area is 201 Å². The zero-order valence-corrected chi connectivity index (χ0v) is 19.3. The molecule has 2 amide bonds. The minimum absolute atomic E-state index is 0.0277. The zero-order valence-electron chi connectivity index (χ0n) is 18.5. The van der Waals surface area contributed by atoms with Crippen molar-refractivity contribution >= 4 is 34.5 Å². The number of imide groups is 1. The van der Waals surface area contributed by atoms with Crippen LogP contribution in [0.15, 0.2) is 82.7 Å². The first kappa shape index (κ1) is 22.1. The van der Waals surface area contributed by atoms with Crippen molar-refractivity contribution in [3.63, 3.8) is 0 Å². The third-order valence-corrected chi connectivity index (χ3v) is 7.03. The van der Waals surface area contributed by atoms with Gasteiger partial charge in [-0.25, -0.2) is 4.98 Å². The molecule has 0 atom stereocenters. The summed E-state index contributed by atoms with van der Waals surface area (Å²) in [6.07, 6.45) is 2.19.